The number of nitrogens with one attached hydrogen (secondary N) is 1. The lowest BCUT2D eigenvalue weighted by molar-refractivity contribution is -0.114. The van der Waals surface area contributed by atoms with Gasteiger partial charge in [0.2, 0.25) is 5.91 Å². The first-order valence-corrected chi connectivity index (χ1v) is 9.64. The van der Waals surface area contributed by atoms with Crippen molar-refractivity contribution in [2.45, 2.75) is 6.92 Å². The molecule has 4 rings (SSSR count). The van der Waals surface area contributed by atoms with Gasteiger partial charge in [0.15, 0.2) is 0 Å². The molecule has 3 aromatic heterocycles. The largest absolute Gasteiger partial charge is 0.353 e. The van der Waals surface area contributed by atoms with Crippen LogP contribution in [0.15, 0.2) is 30.7 Å². The highest BCUT2D eigenvalue weighted by molar-refractivity contribution is 5.98. The van der Waals surface area contributed by atoms with E-state index in [9.17, 15) is 9.18 Å². The lowest BCUT2D eigenvalue weighted by Gasteiger charge is -2.35. The molecule has 0 aromatic carbocycles. The van der Waals surface area contributed by atoms with Crippen molar-refractivity contribution < 1.29 is 9.18 Å². The Morgan fingerprint density at radius 1 is 1.21 bits per heavy atom. The standard InChI is InChI=1S/C20H24FN7O/c1-14(29)24-19-10-15-9-18(16-11-23-26(2)13-16)22-12-17(15)20(25-19)28-7-5-27(4-3-21)6-8-28/h9-13H,3-8H2,1-2H3,(H,24,25,29). The molecule has 1 amide bonds. The van der Waals surface area contributed by atoms with Gasteiger partial charge < -0.3 is 10.2 Å². The van der Waals surface area contributed by atoms with Crippen LogP contribution < -0.4 is 10.2 Å². The van der Waals surface area contributed by atoms with Crippen LogP contribution in [0.5, 0.6) is 0 Å². The number of halogens is 1. The molecule has 4 heterocycles. The molecule has 152 valence electrons. The van der Waals surface area contributed by atoms with Crippen LogP contribution in [0.3, 0.4) is 0 Å². The van der Waals surface area contributed by atoms with Crippen LogP contribution in [0, 0.1) is 0 Å². The summed E-state index contributed by atoms with van der Waals surface area (Å²) < 4.78 is 14.4. The van der Waals surface area contributed by atoms with E-state index >= 15 is 0 Å². The molecule has 1 aliphatic heterocycles. The number of hydrogen-bond donors (Lipinski definition) is 1. The third-order valence-corrected chi connectivity index (χ3v) is 5.07. The van der Waals surface area contributed by atoms with E-state index in [1.807, 2.05) is 31.6 Å². The number of aryl methyl sites for hydroxylation is 1. The summed E-state index contributed by atoms with van der Waals surface area (Å²) in [5.41, 5.74) is 1.73. The second kappa shape index (κ2) is 8.12. The van der Waals surface area contributed by atoms with Crippen molar-refractivity contribution in [1.29, 1.82) is 0 Å². The van der Waals surface area contributed by atoms with E-state index in [-0.39, 0.29) is 12.6 Å². The lowest BCUT2D eigenvalue weighted by Crippen LogP contribution is -2.47. The monoisotopic (exact) mass is 397 g/mol. The highest BCUT2D eigenvalue weighted by Crippen LogP contribution is 2.30. The predicted molar refractivity (Wildman–Crippen MR) is 111 cm³/mol. The number of anilines is 2. The van der Waals surface area contributed by atoms with Crippen LogP contribution in [-0.4, -0.2) is 70.0 Å². The fourth-order valence-electron chi connectivity index (χ4n) is 3.63. The fourth-order valence-corrected chi connectivity index (χ4v) is 3.63. The molecule has 0 unspecified atom stereocenters. The molecule has 0 bridgehead atoms. The van der Waals surface area contributed by atoms with Crippen molar-refractivity contribution in [3.8, 4) is 11.3 Å². The van der Waals surface area contributed by atoms with Gasteiger partial charge in [-0.05, 0) is 17.5 Å². The Kier molecular flexibility index (Phi) is 5.39. The van der Waals surface area contributed by atoms with E-state index in [0.29, 0.717) is 12.4 Å². The zero-order valence-electron chi connectivity index (χ0n) is 16.6. The van der Waals surface area contributed by atoms with Gasteiger partial charge in [0.25, 0.3) is 0 Å². The van der Waals surface area contributed by atoms with E-state index in [4.69, 9.17) is 0 Å². The summed E-state index contributed by atoms with van der Waals surface area (Å²) in [5, 5.41) is 8.87. The highest BCUT2D eigenvalue weighted by Gasteiger charge is 2.21. The molecular formula is C20H24FN7O. The minimum absolute atomic E-state index is 0.169. The minimum atomic E-state index is -0.333. The molecule has 1 saturated heterocycles. The van der Waals surface area contributed by atoms with Crippen molar-refractivity contribution in [1.82, 2.24) is 24.6 Å². The molecule has 0 radical (unpaired) electrons. The van der Waals surface area contributed by atoms with Crippen LogP contribution in [0.4, 0.5) is 16.0 Å². The van der Waals surface area contributed by atoms with Gasteiger partial charge in [-0.2, -0.15) is 5.10 Å². The molecule has 1 aliphatic rings. The Hall–Kier alpha value is -3.07. The van der Waals surface area contributed by atoms with E-state index < -0.39 is 0 Å². The van der Waals surface area contributed by atoms with Gasteiger partial charge >= 0.3 is 0 Å². The van der Waals surface area contributed by atoms with Crippen LogP contribution in [0.1, 0.15) is 6.92 Å². The molecule has 1 N–H and O–H groups in total. The highest BCUT2D eigenvalue weighted by atomic mass is 19.1. The van der Waals surface area contributed by atoms with E-state index in [2.05, 4.69) is 30.2 Å². The maximum atomic E-state index is 12.6. The van der Waals surface area contributed by atoms with E-state index in [1.54, 1.807) is 10.9 Å². The summed E-state index contributed by atoms with van der Waals surface area (Å²) in [6, 6.07) is 3.85. The molecule has 0 spiro atoms. The summed E-state index contributed by atoms with van der Waals surface area (Å²) in [7, 11) is 1.87. The molecule has 3 aromatic rings. The van der Waals surface area contributed by atoms with Gasteiger partial charge in [-0.3, -0.25) is 19.4 Å². The number of amides is 1. The average molecular weight is 397 g/mol. The summed E-state index contributed by atoms with van der Waals surface area (Å²) in [4.78, 5) is 25.2. The van der Waals surface area contributed by atoms with Crippen LogP contribution in [-0.2, 0) is 11.8 Å². The van der Waals surface area contributed by atoms with Crippen molar-refractivity contribution >= 4 is 28.3 Å². The number of carbonyl (C=O) groups is 1. The number of aromatic nitrogens is 4. The first kappa shape index (κ1) is 19.3. The van der Waals surface area contributed by atoms with Crippen LogP contribution in [0.25, 0.3) is 22.0 Å². The number of pyridine rings is 2. The quantitative estimate of drug-likeness (QED) is 0.710. The summed E-state index contributed by atoms with van der Waals surface area (Å²) in [5.74, 6) is 1.13. The zero-order chi connectivity index (χ0) is 20.4. The summed E-state index contributed by atoms with van der Waals surface area (Å²) >= 11 is 0. The number of hydrogen-bond acceptors (Lipinski definition) is 6. The second-order valence-corrected chi connectivity index (χ2v) is 7.22. The molecular weight excluding hydrogens is 373 g/mol. The van der Waals surface area contributed by atoms with Gasteiger partial charge in [-0.25, -0.2) is 9.37 Å². The maximum absolute atomic E-state index is 12.6. The van der Waals surface area contributed by atoms with E-state index in [0.717, 1.165) is 54.0 Å². The normalized spacial score (nSPS) is 15.1. The smallest absolute Gasteiger partial charge is 0.222 e. The Morgan fingerprint density at radius 3 is 2.66 bits per heavy atom. The zero-order valence-corrected chi connectivity index (χ0v) is 16.6. The number of alkyl halides is 1. The number of carbonyl (C=O) groups excluding carboxylic acids is 1. The molecule has 29 heavy (non-hydrogen) atoms. The number of nitrogens with zero attached hydrogens (tertiary/aromatic N) is 6. The SMILES string of the molecule is CC(=O)Nc1cc2cc(-c3cnn(C)c3)ncc2c(N2CCN(CCF)CC2)n1. The van der Waals surface area contributed by atoms with Crippen molar-refractivity contribution in [2.24, 2.45) is 7.05 Å². The first-order valence-electron chi connectivity index (χ1n) is 9.64. The number of piperazine rings is 1. The van der Waals surface area contributed by atoms with Gasteiger partial charge in [-0.1, -0.05) is 0 Å². The number of rotatable bonds is 5. The Balaban J connectivity index is 1.73. The lowest BCUT2D eigenvalue weighted by atomic mass is 10.1. The van der Waals surface area contributed by atoms with Gasteiger partial charge in [-0.15, -0.1) is 0 Å². The van der Waals surface area contributed by atoms with Gasteiger partial charge in [0, 0.05) is 70.0 Å². The molecule has 1 fully saturated rings. The van der Waals surface area contributed by atoms with E-state index in [1.165, 1.54) is 6.92 Å². The Morgan fingerprint density at radius 2 is 2.00 bits per heavy atom. The Labute approximate surface area is 168 Å². The maximum Gasteiger partial charge on any atom is 0.222 e. The van der Waals surface area contributed by atoms with Crippen molar-refractivity contribution in [3.63, 3.8) is 0 Å². The second-order valence-electron chi connectivity index (χ2n) is 7.22. The molecule has 0 saturated carbocycles. The molecule has 8 nitrogen and oxygen atoms in total. The van der Waals surface area contributed by atoms with Gasteiger partial charge in [0.1, 0.15) is 18.3 Å². The summed E-state index contributed by atoms with van der Waals surface area (Å²) in [6.07, 6.45) is 5.51. The van der Waals surface area contributed by atoms with Gasteiger partial charge in [0.05, 0.1) is 11.9 Å². The first-order chi connectivity index (χ1) is 14.0. The predicted octanol–water partition coefficient (Wildman–Crippen LogP) is 2.08. The third kappa shape index (κ3) is 4.19. The minimum Gasteiger partial charge on any atom is -0.353 e. The topological polar surface area (TPSA) is 79.2 Å². The van der Waals surface area contributed by atoms with Crippen molar-refractivity contribution in [3.05, 3.63) is 30.7 Å². The number of fused-ring (bicyclic) bond motifs is 1. The molecule has 0 aliphatic carbocycles. The Bertz CT molecular complexity index is 1030. The van der Waals surface area contributed by atoms with Crippen LogP contribution >= 0.6 is 0 Å². The summed E-state index contributed by atoms with van der Waals surface area (Å²) in [6.45, 7) is 4.64. The average Bonchev–Trinajstić information content (AvgIpc) is 3.14. The van der Waals surface area contributed by atoms with Crippen LogP contribution in [0.2, 0.25) is 0 Å². The molecule has 0 atom stereocenters. The molecule has 9 heteroatoms. The fraction of sp³-hybridized carbons (Fsp3) is 0.400. The third-order valence-electron chi connectivity index (χ3n) is 5.07. The van der Waals surface area contributed by atoms with Crippen molar-refractivity contribution in [2.75, 3.05) is 49.6 Å².